The Balaban J connectivity index is 1.66. The second-order valence-corrected chi connectivity index (χ2v) is 7.36. The van der Waals surface area contributed by atoms with Gasteiger partial charge in [0.15, 0.2) is 0 Å². The molecule has 0 spiro atoms. The maximum atomic E-state index is 10.9. The van der Waals surface area contributed by atoms with Gasteiger partial charge in [0.25, 0.3) is 0 Å². The van der Waals surface area contributed by atoms with Gasteiger partial charge >= 0.3 is 0 Å². The van der Waals surface area contributed by atoms with Crippen LogP contribution < -0.4 is 0 Å². The molecule has 168 valence electrons. The number of benzene rings is 3. The average molecular weight is 436 g/mol. The van der Waals surface area contributed by atoms with Crippen LogP contribution in [0.3, 0.4) is 0 Å². The Bertz CT molecular complexity index is 905. The molecular weight excluding hydrogens is 406 g/mol. The van der Waals surface area contributed by atoms with Crippen molar-refractivity contribution in [2.75, 3.05) is 6.61 Å². The van der Waals surface area contributed by atoms with E-state index in [1.54, 1.807) is 0 Å². The molecule has 6 heteroatoms. The molecule has 0 saturated carbocycles. The average Bonchev–Trinajstić information content (AvgIpc) is 2.84. The van der Waals surface area contributed by atoms with E-state index in [4.69, 9.17) is 14.2 Å². The fourth-order valence-electron chi connectivity index (χ4n) is 3.21. The first-order chi connectivity index (χ1) is 15.8. The lowest BCUT2D eigenvalue weighted by molar-refractivity contribution is -0.127. The van der Waals surface area contributed by atoms with Gasteiger partial charge in [0.2, 0.25) is 0 Å². The highest BCUT2D eigenvalue weighted by Crippen LogP contribution is 2.15. The molecule has 0 radical (unpaired) electrons. The van der Waals surface area contributed by atoms with Gasteiger partial charge in [-0.2, -0.15) is 0 Å². The Morgan fingerprint density at radius 3 is 1.66 bits per heavy atom. The summed E-state index contributed by atoms with van der Waals surface area (Å²) in [6.07, 6.45) is -1.34. The van der Waals surface area contributed by atoms with E-state index in [0.717, 1.165) is 16.7 Å². The van der Waals surface area contributed by atoms with Crippen molar-refractivity contribution in [3.05, 3.63) is 108 Å². The van der Waals surface area contributed by atoms with E-state index in [-0.39, 0.29) is 19.8 Å². The van der Waals surface area contributed by atoms with Gasteiger partial charge in [-0.3, -0.25) is 0 Å². The van der Waals surface area contributed by atoms with Crippen LogP contribution in [0.5, 0.6) is 0 Å². The standard InChI is InChI=1S/C26H29NO5/c28-24(20-30-17-21-10-4-1-5-11-21)26(32-19-23-14-8-3-9-15-23)25(16-27-29)31-18-22-12-6-2-7-13-22/h1-16,24-26,28-29H,17-20H2/t24-,25+,26-/m1/s1. The number of oxime groups is 1. The minimum absolute atomic E-state index is 0.0405. The first kappa shape index (κ1) is 23.6. The van der Waals surface area contributed by atoms with Crippen LogP contribution in [0.2, 0.25) is 0 Å². The van der Waals surface area contributed by atoms with Crippen LogP contribution in [-0.2, 0) is 34.0 Å². The summed E-state index contributed by atoms with van der Waals surface area (Å²) in [5.74, 6) is 0. The van der Waals surface area contributed by atoms with E-state index in [2.05, 4.69) is 5.16 Å². The first-order valence-corrected chi connectivity index (χ1v) is 10.5. The number of hydrogen-bond donors (Lipinski definition) is 2. The third kappa shape index (κ3) is 7.90. The summed E-state index contributed by atoms with van der Waals surface area (Å²) in [6, 6.07) is 29.0. The quantitative estimate of drug-likeness (QED) is 0.239. The third-order valence-electron chi connectivity index (χ3n) is 4.89. The fraction of sp³-hybridized carbons (Fsp3) is 0.269. The van der Waals surface area contributed by atoms with Crippen molar-refractivity contribution in [3.63, 3.8) is 0 Å². The summed E-state index contributed by atoms with van der Waals surface area (Å²) in [6.45, 7) is 0.956. The second-order valence-electron chi connectivity index (χ2n) is 7.36. The van der Waals surface area contributed by atoms with E-state index in [1.807, 2.05) is 91.0 Å². The lowest BCUT2D eigenvalue weighted by Crippen LogP contribution is -2.44. The van der Waals surface area contributed by atoms with Crippen LogP contribution in [0, 0.1) is 0 Å². The molecule has 3 rings (SSSR count). The Morgan fingerprint density at radius 1 is 0.688 bits per heavy atom. The molecule has 0 saturated heterocycles. The topological polar surface area (TPSA) is 80.5 Å². The van der Waals surface area contributed by atoms with Crippen molar-refractivity contribution in [1.82, 2.24) is 0 Å². The van der Waals surface area contributed by atoms with Gasteiger partial charge in [0.1, 0.15) is 18.3 Å². The molecule has 0 aliphatic heterocycles. The number of ether oxygens (including phenoxy) is 3. The van der Waals surface area contributed by atoms with Crippen molar-refractivity contribution < 1.29 is 24.5 Å². The number of nitrogens with zero attached hydrogens (tertiary/aromatic N) is 1. The van der Waals surface area contributed by atoms with Crippen LogP contribution >= 0.6 is 0 Å². The molecule has 0 fully saturated rings. The monoisotopic (exact) mass is 435 g/mol. The predicted molar refractivity (Wildman–Crippen MR) is 122 cm³/mol. The molecular formula is C26H29NO5. The maximum Gasteiger partial charge on any atom is 0.125 e. The number of aliphatic hydroxyl groups excluding tert-OH is 1. The van der Waals surface area contributed by atoms with Crippen molar-refractivity contribution in [2.45, 2.75) is 38.1 Å². The fourth-order valence-corrected chi connectivity index (χ4v) is 3.21. The predicted octanol–water partition coefficient (Wildman–Crippen LogP) is 4.19. The summed E-state index contributed by atoms with van der Waals surface area (Å²) in [5.41, 5.74) is 2.92. The van der Waals surface area contributed by atoms with Gasteiger partial charge in [0, 0.05) is 0 Å². The van der Waals surface area contributed by atoms with Gasteiger partial charge in [-0.05, 0) is 16.7 Å². The smallest absolute Gasteiger partial charge is 0.125 e. The molecule has 0 heterocycles. The summed E-state index contributed by atoms with van der Waals surface area (Å²) in [5, 5.41) is 23.2. The number of hydrogen-bond acceptors (Lipinski definition) is 6. The Morgan fingerprint density at radius 2 is 1.16 bits per heavy atom. The molecule has 0 unspecified atom stereocenters. The zero-order chi connectivity index (χ0) is 22.4. The van der Waals surface area contributed by atoms with E-state index in [1.165, 1.54) is 6.21 Å². The highest BCUT2D eigenvalue weighted by Gasteiger charge is 2.30. The van der Waals surface area contributed by atoms with Gasteiger partial charge in [-0.1, -0.05) is 96.2 Å². The normalized spacial score (nSPS) is 14.3. The van der Waals surface area contributed by atoms with Crippen LogP contribution in [0.15, 0.2) is 96.2 Å². The SMILES string of the molecule is ON=C[C@H](OCc1ccccc1)[C@H](OCc1ccccc1)[C@H](O)COCc1ccccc1. The Kier molecular flexibility index (Phi) is 9.89. The molecule has 0 aliphatic carbocycles. The minimum atomic E-state index is -0.999. The lowest BCUT2D eigenvalue weighted by atomic mass is 10.1. The highest BCUT2D eigenvalue weighted by molar-refractivity contribution is 5.63. The largest absolute Gasteiger partial charge is 0.411 e. The minimum Gasteiger partial charge on any atom is -0.411 e. The maximum absolute atomic E-state index is 10.9. The van der Waals surface area contributed by atoms with Crippen LogP contribution in [0.25, 0.3) is 0 Å². The first-order valence-electron chi connectivity index (χ1n) is 10.5. The number of aliphatic hydroxyl groups is 1. The number of rotatable bonds is 13. The van der Waals surface area contributed by atoms with Crippen molar-refractivity contribution in [3.8, 4) is 0 Å². The van der Waals surface area contributed by atoms with Crippen molar-refractivity contribution in [2.24, 2.45) is 5.16 Å². The van der Waals surface area contributed by atoms with E-state index < -0.39 is 18.3 Å². The van der Waals surface area contributed by atoms with Crippen LogP contribution in [0.1, 0.15) is 16.7 Å². The summed E-state index contributed by atoms with van der Waals surface area (Å²) in [4.78, 5) is 0. The third-order valence-corrected chi connectivity index (χ3v) is 4.89. The van der Waals surface area contributed by atoms with E-state index in [0.29, 0.717) is 6.61 Å². The molecule has 32 heavy (non-hydrogen) atoms. The summed E-state index contributed by atoms with van der Waals surface area (Å²) >= 11 is 0. The zero-order valence-electron chi connectivity index (χ0n) is 17.9. The van der Waals surface area contributed by atoms with Crippen molar-refractivity contribution in [1.29, 1.82) is 0 Å². The second kappa shape index (κ2) is 13.4. The van der Waals surface area contributed by atoms with Gasteiger partial charge < -0.3 is 24.5 Å². The molecule has 0 aromatic heterocycles. The van der Waals surface area contributed by atoms with Crippen molar-refractivity contribution >= 4 is 6.21 Å². The molecule has 3 aromatic rings. The molecule has 6 nitrogen and oxygen atoms in total. The molecule has 3 aromatic carbocycles. The Labute approximate surface area is 188 Å². The van der Waals surface area contributed by atoms with E-state index in [9.17, 15) is 10.3 Å². The van der Waals surface area contributed by atoms with E-state index >= 15 is 0 Å². The molecule has 3 atom stereocenters. The molecule has 0 bridgehead atoms. The highest BCUT2D eigenvalue weighted by atomic mass is 16.6. The Hall–Kier alpha value is -3.03. The summed E-state index contributed by atoms with van der Waals surface area (Å²) in [7, 11) is 0. The van der Waals surface area contributed by atoms with Crippen LogP contribution in [0.4, 0.5) is 0 Å². The molecule has 0 amide bonds. The molecule has 2 N–H and O–H groups in total. The van der Waals surface area contributed by atoms with Crippen LogP contribution in [-0.4, -0.2) is 41.4 Å². The zero-order valence-corrected chi connectivity index (χ0v) is 17.9. The summed E-state index contributed by atoms with van der Waals surface area (Å²) < 4.78 is 17.7. The van der Waals surface area contributed by atoms with Gasteiger partial charge in [-0.25, -0.2) is 0 Å². The molecule has 0 aliphatic rings. The lowest BCUT2D eigenvalue weighted by Gasteiger charge is -2.29. The van der Waals surface area contributed by atoms with Gasteiger partial charge in [0.05, 0.1) is 32.6 Å². The van der Waals surface area contributed by atoms with Gasteiger partial charge in [-0.15, -0.1) is 0 Å².